The highest BCUT2D eigenvalue weighted by molar-refractivity contribution is 7.93. The summed E-state index contributed by atoms with van der Waals surface area (Å²) in [4.78, 5) is 81.4. The number of hydrogen-bond acceptors (Lipinski definition) is 10. The maximum Gasteiger partial charge on any atom is 0.303 e. The van der Waals surface area contributed by atoms with E-state index >= 15 is 0 Å². The number of aromatic nitrogens is 2. The minimum absolute atomic E-state index is 0.0496. The normalized spacial score (nSPS) is 17.2. The Hall–Kier alpha value is -8.36. The van der Waals surface area contributed by atoms with Crippen LogP contribution in [-0.4, -0.2) is 72.3 Å². The van der Waals surface area contributed by atoms with Gasteiger partial charge in [-0.25, -0.2) is 16.8 Å². The van der Waals surface area contributed by atoms with Gasteiger partial charge in [-0.05, 0) is 120 Å². The third-order valence-corrected chi connectivity index (χ3v) is 16.3. The molecule has 4 aliphatic rings. The lowest BCUT2D eigenvalue weighted by atomic mass is 9.75. The minimum Gasteiger partial charge on any atom is -0.481 e. The number of aromatic amines is 2. The molecule has 20 heteroatoms. The average Bonchev–Trinajstić information content (AvgIpc) is 4.09. The number of anilines is 4. The molecule has 8 N–H and O–H groups in total. The van der Waals surface area contributed by atoms with Crippen LogP contribution in [-0.2, 0) is 64.9 Å². The van der Waals surface area contributed by atoms with Crippen molar-refractivity contribution >= 4 is 101 Å². The fraction of sp³-hybridized carbons (Fsp3) is 0.250. The molecular formula is C56H54N6O12S2. The fourth-order valence-electron chi connectivity index (χ4n) is 10.2. The summed E-state index contributed by atoms with van der Waals surface area (Å²) < 4.78 is 56.4. The van der Waals surface area contributed by atoms with Crippen molar-refractivity contribution in [2.45, 2.75) is 88.9 Å². The summed E-state index contributed by atoms with van der Waals surface area (Å²) in [6.07, 6.45) is 5.12. The molecular weight excluding hydrogens is 1010 g/mol. The first kappa shape index (κ1) is 52.5. The van der Waals surface area contributed by atoms with Crippen molar-refractivity contribution in [1.29, 1.82) is 0 Å². The Bertz CT molecular complexity index is 3480. The van der Waals surface area contributed by atoms with Crippen LogP contribution in [0.25, 0.3) is 23.3 Å². The molecule has 0 spiro atoms. The van der Waals surface area contributed by atoms with Gasteiger partial charge in [0.05, 0.1) is 20.9 Å². The number of amides is 2. The number of H-pyrrole nitrogens is 2. The summed E-state index contributed by atoms with van der Waals surface area (Å²) >= 11 is 0. The first-order valence-electron chi connectivity index (χ1n) is 24.3. The molecule has 76 heavy (non-hydrogen) atoms. The quantitative estimate of drug-likeness (QED) is 0.0474. The molecule has 4 heterocycles. The van der Waals surface area contributed by atoms with E-state index in [4.69, 9.17) is 0 Å². The summed E-state index contributed by atoms with van der Waals surface area (Å²) in [6.45, 7) is 8.01. The van der Waals surface area contributed by atoms with E-state index in [0.717, 1.165) is 11.4 Å². The number of carbonyl (C=O) groups is 6. The van der Waals surface area contributed by atoms with Crippen LogP contribution in [0, 0.1) is 10.8 Å². The predicted molar refractivity (Wildman–Crippen MR) is 287 cm³/mol. The SMILES string of the molecule is CC1(C)CC(=O)c2c([nH]c(/C=C3\C(=O)Nc4ccc(NS(=O)(=O)c5ccccc5)cc43)c2CCC(=O)O)C1.CC1(C)CC(=O)c2c([nH]c(C=C3C(=O)Nc4ccc(NS(=O)(=O)c5ccccc5)cc43)c2CCC(=O)O)C1. The second kappa shape index (κ2) is 20.1. The Morgan fingerprint density at radius 1 is 0.553 bits per heavy atom. The van der Waals surface area contributed by atoms with E-state index in [1.165, 1.54) is 24.3 Å². The largest absolute Gasteiger partial charge is 0.481 e. The molecule has 6 aromatic rings. The second-order valence-corrected chi connectivity index (χ2v) is 24.2. The number of hydrogen-bond donors (Lipinski definition) is 8. The third-order valence-electron chi connectivity index (χ3n) is 13.5. The highest BCUT2D eigenvalue weighted by atomic mass is 32.2. The molecule has 0 atom stereocenters. The van der Waals surface area contributed by atoms with Gasteiger partial charge in [-0.15, -0.1) is 0 Å². The number of carboxylic acid groups (broad SMARTS) is 2. The molecule has 2 aliphatic carbocycles. The number of benzene rings is 4. The molecule has 392 valence electrons. The molecule has 18 nitrogen and oxygen atoms in total. The molecule has 4 aromatic carbocycles. The zero-order valence-electron chi connectivity index (χ0n) is 41.8. The summed E-state index contributed by atoms with van der Waals surface area (Å²) in [5, 5.41) is 24.1. The number of carboxylic acids is 2. The Labute approximate surface area is 438 Å². The first-order valence-corrected chi connectivity index (χ1v) is 27.3. The highest BCUT2D eigenvalue weighted by Gasteiger charge is 2.38. The van der Waals surface area contributed by atoms with Crippen LogP contribution in [0.1, 0.15) is 119 Å². The van der Waals surface area contributed by atoms with Gasteiger partial charge in [0.25, 0.3) is 31.9 Å². The molecule has 0 unspecified atom stereocenters. The van der Waals surface area contributed by atoms with Gasteiger partial charge < -0.3 is 30.8 Å². The lowest BCUT2D eigenvalue weighted by molar-refractivity contribution is -0.138. The number of rotatable bonds is 14. The molecule has 0 radical (unpaired) electrons. The highest BCUT2D eigenvalue weighted by Crippen LogP contribution is 2.43. The van der Waals surface area contributed by atoms with E-state index in [-0.39, 0.29) is 92.2 Å². The molecule has 0 saturated carbocycles. The van der Waals surface area contributed by atoms with E-state index in [1.54, 1.807) is 84.9 Å². The number of sulfonamides is 2. The van der Waals surface area contributed by atoms with Crippen LogP contribution in [0.5, 0.6) is 0 Å². The van der Waals surface area contributed by atoms with Gasteiger partial charge in [-0.3, -0.25) is 38.2 Å². The summed E-state index contributed by atoms with van der Waals surface area (Å²) in [7, 11) is -7.67. The van der Waals surface area contributed by atoms with Crippen molar-refractivity contribution in [3.05, 3.63) is 153 Å². The summed E-state index contributed by atoms with van der Waals surface area (Å²) in [5.74, 6) is -2.83. The Morgan fingerprint density at radius 2 is 0.921 bits per heavy atom. The molecule has 2 aromatic heterocycles. The topological polar surface area (TPSA) is 291 Å². The second-order valence-electron chi connectivity index (χ2n) is 20.8. The first-order chi connectivity index (χ1) is 35.9. The Balaban J connectivity index is 0.000000186. The van der Waals surface area contributed by atoms with Crippen LogP contribution in [0.2, 0.25) is 0 Å². The number of aliphatic carboxylic acids is 2. The van der Waals surface area contributed by atoms with Crippen LogP contribution in [0.3, 0.4) is 0 Å². The van der Waals surface area contributed by atoms with E-state index in [0.29, 0.717) is 81.8 Å². The smallest absolute Gasteiger partial charge is 0.303 e. The van der Waals surface area contributed by atoms with E-state index < -0.39 is 32.0 Å². The maximum absolute atomic E-state index is 13.0. The van der Waals surface area contributed by atoms with Gasteiger partial charge in [0.1, 0.15) is 0 Å². The molecule has 0 fully saturated rings. The van der Waals surface area contributed by atoms with Crippen molar-refractivity contribution in [2.75, 3.05) is 20.1 Å². The zero-order valence-corrected chi connectivity index (χ0v) is 43.5. The van der Waals surface area contributed by atoms with E-state index in [2.05, 4.69) is 30.0 Å². The number of ketones is 2. The van der Waals surface area contributed by atoms with Crippen molar-refractivity contribution < 1.29 is 55.8 Å². The predicted octanol–water partition coefficient (Wildman–Crippen LogP) is 8.96. The molecule has 2 amide bonds. The van der Waals surface area contributed by atoms with Gasteiger partial charge in [-0.1, -0.05) is 64.1 Å². The maximum atomic E-state index is 13.0. The Kier molecular flexibility index (Phi) is 13.9. The van der Waals surface area contributed by atoms with Crippen LogP contribution in [0.15, 0.2) is 107 Å². The number of nitrogens with one attached hydrogen (secondary N) is 6. The van der Waals surface area contributed by atoms with Gasteiger partial charge in [-0.2, -0.15) is 0 Å². The summed E-state index contributed by atoms with van der Waals surface area (Å²) in [5.41, 5.74) is 7.34. The third kappa shape index (κ3) is 11.0. The minimum atomic E-state index is -3.84. The van der Waals surface area contributed by atoms with Crippen LogP contribution >= 0.6 is 0 Å². The number of fused-ring (bicyclic) bond motifs is 4. The van der Waals surface area contributed by atoms with Gasteiger partial charge in [0, 0.05) is 93.5 Å². The monoisotopic (exact) mass is 1070 g/mol. The molecule has 2 aliphatic heterocycles. The fourth-order valence-corrected chi connectivity index (χ4v) is 12.4. The van der Waals surface area contributed by atoms with Crippen LogP contribution < -0.4 is 20.1 Å². The number of carbonyl (C=O) groups excluding carboxylic acids is 4. The standard InChI is InChI=1S/2C28H27N3O6S/c2*1-28(2)14-23-26(24(32)15-28)18(9-11-25(33)34)22(29-23)13-20-19-12-16(8-10-21(19)30-27(20)35)31-38(36,37)17-6-4-3-5-7-17/h2*3-8,10,12-13,29,31H,9,11,14-15H2,1-2H3,(H,30,35)(H,33,34)/b20-13-;. The lowest BCUT2D eigenvalue weighted by Crippen LogP contribution is -2.27. The van der Waals surface area contributed by atoms with E-state index in [9.17, 15) is 55.8 Å². The molecule has 10 rings (SSSR count). The molecule has 0 saturated heterocycles. The van der Waals surface area contributed by atoms with Gasteiger partial charge >= 0.3 is 11.9 Å². The van der Waals surface area contributed by atoms with Crippen molar-refractivity contribution in [3.63, 3.8) is 0 Å². The van der Waals surface area contributed by atoms with Crippen molar-refractivity contribution in [3.8, 4) is 0 Å². The van der Waals surface area contributed by atoms with Crippen LogP contribution in [0.4, 0.5) is 22.7 Å². The van der Waals surface area contributed by atoms with Gasteiger partial charge in [0.15, 0.2) is 11.6 Å². The van der Waals surface area contributed by atoms with Crippen molar-refractivity contribution in [1.82, 2.24) is 9.97 Å². The molecule has 0 bridgehead atoms. The summed E-state index contributed by atoms with van der Waals surface area (Å²) in [6, 6.07) is 25.4. The van der Waals surface area contributed by atoms with Crippen molar-refractivity contribution in [2.24, 2.45) is 10.8 Å². The zero-order chi connectivity index (χ0) is 54.5. The van der Waals surface area contributed by atoms with Gasteiger partial charge in [0.2, 0.25) is 0 Å². The lowest BCUT2D eigenvalue weighted by Gasteiger charge is -2.28. The Morgan fingerprint density at radius 3 is 1.28 bits per heavy atom. The average molecular weight is 1070 g/mol. The number of Topliss-reactive ketones (excluding diaryl/α,β-unsaturated/α-hetero) is 2. The van der Waals surface area contributed by atoms with E-state index in [1.807, 2.05) is 27.7 Å².